The Morgan fingerprint density at radius 1 is 0.829 bits per heavy atom. The summed E-state index contributed by atoms with van der Waals surface area (Å²) in [6, 6.07) is 25.7. The van der Waals surface area contributed by atoms with Crippen molar-refractivity contribution in [2.24, 2.45) is 0 Å². The minimum atomic E-state index is -0.225. The number of hydrogen-bond acceptors (Lipinski definition) is 3. The van der Waals surface area contributed by atoms with Gasteiger partial charge in [-0.15, -0.1) is 0 Å². The largest absolute Gasteiger partial charge is 0.369 e. The van der Waals surface area contributed by atoms with Crippen LogP contribution < -0.4 is 4.90 Å². The fourth-order valence-corrected chi connectivity index (χ4v) is 5.00. The fraction of sp³-hybridized carbons (Fsp3) is 0.300. The number of benzene rings is 3. The zero-order valence-electron chi connectivity index (χ0n) is 20.6. The molecule has 1 aromatic heterocycles. The SMILES string of the molecule is Cc1ccc(N2CCN(CCCc3cc(-c4ccc(F)cc4)n(-c4ccccc4)n3)CC2)c(C)c1. The molecule has 0 radical (unpaired) electrons. The lowest BCUT2D eigenvalue weighted by atomic mass is 10.1. The molecule has 2 heterocycles. The van der Waals surface area contributed by atoms with E-state index in [1.54, 1.807) is 0 Å². The normalized spacial score (nSPS) is 14.4. The molecule has 0 unspecified atom stereocenters. The smallest absolute Gasteiger partial charge is 0.123 e. The van der Waals surface area contributed by atoms with Crippen molar-refractivity contribution >= 4 is 5.69 Å². The van der Waals surface area contributed by atoms with Crippen molar-refractivity contribution in [1.29, 1.82) is 0 Å². The molecule has 0 bridgehead atoms. The summed E-state index contributed by atoms with van der Waals surface area (Å²) in [5, 5.41) is 4.93. The van der Waals surface area contributed by atoms with Crippen LogP contribution in [0.5, 0.6) is 0 Å². The molecule has 0 saturated carbocycles. The summed E-state index contributed by atoms with van der Waals surface area (Å²) >= 11 is 0. The number of nitrogens with zero attached hydrogens (tertiary/aromatic N) is 4. The molecule has 1 aliphatic heterocycles. The van der Waals surface area contributed by atoms with Crippen LogP contribution in [0.15, 0.2) is 78.9 Å². The number of para-hydroxylation sites is 1. The van der Waals surface area contributed by atoms with Crippen molar-refractivity contribution in [3.05, 3.63) is 102 Å². The predicted molar refractivity (Wildman–Crippen MR) is 142 cm³/mol. The predicted octanol–water partition coefficient (Wildman–Crippen LogP) is 6.05. The topological polar surface area (TPSA) is 24.3 Å². The number of hydrogen-bond donors (Lipinski definition) is 0. The van der Waals surface area contributed by atoms with Gasteiger partial charge in [-0.05, 0) is 87.3 Å². The average Bonchev–Trinajstić information content (AvgIpc) is 3.30. The first-order valence-corrected chi connectivity index (χ1v) is 12.5. The summed E-state index contributed by atoms with van der Waals surface area (Å²) in [4.78, 5) is 5.08. The summed E-state index contributed by atoms with van der Waals surface area (Å²) in [6.07, 6.45) is 1.99. The van der Waals surface area contributed by atoms with Crippen LogP contribution in [0, 0.1) is 19.7 Å². The quantitative estimate of drug-likeness (QED) is 0.330. The highest BCUT2D eigenvalue weighted by Gasteiger charge is 2.18. The van der Waals surface area contributed by atoms with Crippen molar-refractivity contribution in [3.63, 3.8) is 0 Å². The van der Waals surface area contributed by atoms with Gasteiger partial charge < -0.3 is 4.90 Å². The summed E-state index contributed by atoms with van der Waals surface area (Å²) < 4.78 is 15.5. The summed E-state index contributed by atoms with van der Waals surface area (Å²) in [5.41, 5.74) is 8.11. The second kappa shape index (κ2) is 10.4. The van der Waals surface area contributed by atoms with E-state index in [2.05, 4.69) is 60.0 Å². The molecule has 0 amide bonds. The molecule has 0 aliphatic carbocycles. The molecule has 0 spiro atoms. The molecule has 3 aromatic carbocycles. The number of aromatic nitrogens is 2. The van der Waals surface area contributed by atoms with Gasteiger partial charge in [-0.3, -0.25) is 4.90 Å². The Bertz CT molecular complexity index is 1260. The number of halogens is 1. The molecule has 35 heavy (non-hydrogen) atoms. The third-order valence-corrected chi connectivity index (χ3v) is 6.87. The van der Waals surface area contributed by atoms with Gasteiger partial charge in [-0.25, -0.2) is 9.07 Å². The lowest BCUT2D eigenvalue weighted by Gasteiger charge is -2.36. The van der Waals surface area contributed by atoms with Gasteiger partial charge in [0.05, 0.1) is 17.1 Å². The Balaban J connectivity index is 1.21. The highest BCUT2D eigenvalue weighted by Crippen LogP contribution is 2.26. The monoisotopic (exact) mass is 468 g/mol. The van der Waals surface area contributed by atoms with Crippen LogP contribution in [-0.4, -0.2) is 47.4 Å². The Morgan fingerprint density at radius 2 is 1.57 bits per heavy atom. The van der Waals surface area contributed by atoms with E-state index in [0.717, 1.165) is 68.2 Å². The average molecular weight is 469 g/mol. The minimum absolute atomic E-state index is 0.225. The molecule has 0 atom stereocenters. The van der Waals surface area contributed by atoms with Crippen LogP contribution in [0.2, 0.25) is 0 Å². The molecular formula is C30H33FN4. The molecule has 1 saturated heterocycles. The van der Waals surface area contributed by atoms with Gasteiger partial charge in [0.2, 0.25) is 0 Å². The maximum atomic E-state index is 13.5. The van der Waals surface area contributed by atoms with Crippen molar-refractivity contribution in [3.8, 4) is 16.9 Å². The Hall–Kier alpha value is -3.44. The zero-order chi connectivity index (χ0) is 24.2. The summed E-state index contributed by atoms with van der Waals surface area (Å²) in [6.45, 7) is 9.76. The molecule has 180 valence electrons. The molecule has 4 aromatic rings. The zero-order valence-corrected chi connectivity index (χ0v) is 20.6. The van der Waals surface area contributed by atoms with E-state index >= 15 is 0 Å². The van der Waals surface area contributed by atoms with E-state index in [4.69, 9.17) is 5.10 Å². The summed E-state index contributed by atoms with van der Waals surface area (Å²) in [5.74, 6) is -0.225. The third kappa shape index (κ3) is 5.46. The fourth-order valence-electron chi connectivity index (χ4n) is 5.00. The van der Waals surface area contributed by atoms with Crippen molar-refractivity contribution in [2.45, 2.75) is 26.7 Å². The van der Waals surface area contributed by atoms with E-state index < -0.39 is 0 Å². The van der Waals surface area contributed by atoms with Gasteiger partial charge in [-0.2, -0.15) is 5.10 Å². The van der Waals surface area contributed by atoms with Gasteiger partial charge in [0.15, 0.2) is 0 Å². The van der Waals surface area contributed by atoms with Gasteiger partial charge in [0.1, 0.15) is 5.82 Å². The first kappa shape index (κ1) is 23.3. The molecule has 5 rings (SSSR count). The third-order valence-electron chi connectivity index (χ3n) is 6.87. The second-order valence-electron chi connectivity index (χ2n) is 9.50. The number of anilines is 1. The molecule has 1 fully saturated rings. The molecule has 0 N–H and O–H groups in total. The Kier molecular flexibility index (Phi) is 6.96. The maximum absolute atomic E-state index is 13.5. The van der Waals surface area contributed by atoms with Crippen LogP contribution in [0.25, 0.3) is 16.9 Å². The van der Waals surface area contributed by atoms with Crippen molar-refractivity contribution in [1.82, 2.24) is 14.7 Å². The maximum Gasteiger partial charge on any atom is 0.123 e. The summed E-state index contributed by atoms with van der Waals surface area (Å²) in [7, 11) is 0. The lowest BCUT2D eigenvalue weighted by Crippen LogP contribution is -2.46. The van der Waals surface area contributed by atoms with Crippen LogP contribution in [0.3, 0.4) is 0 Å². The Labute approximate surface area is 207 Å². The van der Waals surface area contributed by atoms with Crippen molar-refractivity contribution in [2.75, 3.05) is 37.6 Å². The van der Waals surface area contributed by atoms with E-state index in [0.29, 0.717) is 0 Å². The second-order valence-corrected chi connectivity index (χ2v) is 9.50. The van der Waals surface area contributed by atoms with Crippen LogP contribution in [0.4, 0.5) is 10.1 Å². The van der Waals surface area contributed by atoms with E-state index in [9.17, 15) is 4.39 Å². The number of rotatable bonds is 7. The first-order chi connectivity index (χ1) is 17.1. The minimum Gasteiger partial charge on any atom is -0.369 e. The lowest BCUT2D eigenvalue weighted by molar-refractivity contribution is 0.254. The number of aryl methyl sites for hydroxylation is 3. The van der Waals surface area contributed by atoms with Gasteiger partial charge in [-0.1, -0.05) is 35.9 Å². The molecule has 5 heteroatoms. The van der Waals surface area contributed by atoms with Crippen LogP contribution in [0.1, 0.15) is 23.2 Å². The van der Waals surface area contributed by atoms with E-state index in [1.807, 2.05) is 35.0 Å². The van der Waals surface area contributed by atoms with Crippen LogP contribution >= 0.6 is 0 Å². The highest BCUT2D eigenvalue weighted by atomic mass is 19.1. The molecule has 4 nitrogen and oxygen atoms in total. The van der Waals surface area contributed by atoms with E-state index in [-0.39, 0.29) is 5.82 Å². The standard InChI is InChI=1S/C30H33FN4/c1-23-10-15-29(24(2)21-23)34-19-17-33(18-20-34)16-6-7-27-22-30(25-11-13-26(31)14-12-25)35(32-27)28-8-4-3-5-9-28/h3-5,8-15,21-22H,6-7,16-20H2,1-2H3. The van der Waals surface area contributed by atoms with Crippen LogP contribution in [-0.2, 0) is 6.42 Å². The van der Waals surface area contributed by atoms with E-state index in [1.165, 1.54) is 28.9 Å². The first-order valence-electron chi connectivity index (χ1n) is 12.5. The molecule has 1 aliphatic rings. The van der Waals surface area contributed by atoms with Gasteiger partial charge in [0.25, 0.3) is 0 Å². The Morgan fingerprint density at radius 3 is 2.29 bits per heavy atom. The van der Waals surface area contributed by atoms with Gasteiger partial charge in [0, 0.05) is 37.4 Å². The molecular weight excluding hydrogens is 435 g/mol. The number of piperazine rings is 1. The van der Waals surface area contributed by atoms with Gasteiger partial charge >= 0.3 is 0 Å². The van der Waals surface area contributed by atoms with Crippen molar-refractivity contribution < 1.29 is 4.39 Å². The highest BCUT2D eigenvalue weighted by molar-refractivity contribution is 5.62.